The molecule has 0 saturated heterocycles. The summed E-state index contributed by atoms with van der Waals surface area (Å²) in [5.74, 6) is -0.160. The Labute approximate surface area is 145 Å². The molecule has 0 spiro atoms. The summed E-state index contributed by atoms with van der Waals surface area (Å²) in [6.07, 6.45) is 1.03. The Bertz CT molecular complexity index is 717. The van der Waals surface area contributed by atoms with Crippen molar-refractivity contribution in [3.63, 3.8) is 0 Å². The molecule has 23 heavy (non-hydrogen) atoms. The topological polar surface area (TPSA) is 61.4 Å². The molecule has 0 unspecified atom stereocenters. The molecule has 0 aliphatic heterocycles. The van der Waals surface area contributed by atoms with E-state index in [4.69, 9.17) is 23.8 Å². The summed E-state index contributed by atoms with van der Waals surface area (Å²) in [6, 6.07) is 12.3. The van der Waals surface area contributed by atoms with Crippen molar-refractivity contribution in [2.45, 2.75) is 19.8 Å². The van der Waals surface area contributed by atoms with E-state index in [9.17, 15) is 9.90 Å². The highest BCUT2D eigenvalue weighted by atomic mass is 35.5. The molecule has 0 fully saturated rings. The lowest BCUT2D eigenvalue weighted by Crippen LogP contribution is -2.35. The quantitative estimate of drug-likeness (QED) is 0.583. The fourth-order valence-electron chi connectivity index (χ4n) is 2.02. The Morgan fingerprint density at radius 1 is 1.17 bits per heavy atom. The third-order valence-electron chi connectivity index (χ3n) is 3.25. The van der Waals surface area contributed by atoms with E-state index in [1.807, 2.05) is 13.0 Å². The summed E-state index contributed by atoms with van der Waals surface area (Å²) in [6.45, 7) is 2.02. The highest BCUT2D eigenvalue weighted by Gasteiger charge is 2.09. The molecular weight excluding hydrogens is 332 g/mol. The van der Waals surface area contributed by atoms with Crippen LogP contribution in [0.2, 0.25) is 5.02 Å². The molecule has 0 radical (unpaired) electrons. The van der Waals surface area contributed by atoms with Crippen molar-refractivity contribution < 1.29 is 9.90 Å². The highest BCUT2D eigenvalue weighted by Crippen LogP contribution is 2.24. The molecule has 4 nitrogen and oxygen atoms in total. The second-order valence-electron chi connectivity index (χ2n) is 5.01. The number of rotatable bonds is 4. The Morgan fingerprint density at radius 2 is 1.83 bits per heavy atom. The number of phenols is 1. The zero-order valence-corrected chi connectivity index (χ0v) is 14.2. The highest BCUT2D eigenvalue weighted by molar-refractivity contribution is 7.80. The number of aryl methyl sites for hydroxylation is 1. The van der Waals surface area contributed by atoms with E-state index in [-0.39, 0.29) is 23.2 Å². The molecule has 0 atom stereocenters. The van der Waals surface area contributed by atoms with Gasteiger partial charge in [0.25, 0.3) is 0 Å². The van der Waals surface area contributed by atoms with E-state index < -0.39 is 0 Å². The average molecular weight is 349 g/mol. The normalized spacial score (nSPS) is 10.2. The van der Waals surface area contributed by atoms with Gasteiger partial charge in [-0.2, -0.15) is 0 Å². The number of phenolic OH excluding ortho intramolecular Hbond substituents is 1. The SMILES string of the molecule is CCc1ccc(O)c(NC(=S)NC(=O)Cc2ccc(Cl)cc2)c1. The van der Waals surface area contributed by atoms with Gasteiger partial charge in [0.2, 0.25) is 5.91 Å². The Morgan fingerprint density at radius 3 is 2.48 bits per heavy atom. The zero-order chi connectivity index (χ0) is 16.8. The number of thiocarbonyl (C=S) groups is 1. The van der Waals surface area contributed by atoms with Crippen LogP contribution < -0.4 is 10.6 Å². The monoisotopic (exact) mass is 348 g/mol. The number of hydrogen-bond acceptors (Lipinski definition) is 3. The van der Waals surface area contributed by atoms with Crippen LogP contribution >= 0.6 is 23.8 Å². The van der Waals surface area contributed by atoms with Crippen LogP contribution in [0.1, 0.15) is 18.1 Å². The van der Waals surface area contributed by atoms with E-state index >= 15 is 0 Å². The molecular formula is C17H17ClN2O2S. The number of carbonyl (C=O) groups is 1. The molecule has 2 aromatic rings. The summed E-state index contributed by atoms with van der Waals surface area (Å²) >= 11 is 10.9. The van der Waals surface area contributed by atoms with Crippen LogP contribution in [0.25, 0.3) is 0 Å². The molecule has 0 saturated carbocycles. The number of anilines is 1. The van der Waals surface area contributed by atoms with E-state index in [0.717, 1.165) is 17.5 Å². The van der Waals surface area contributed by atoms with Crippen molar-refractivity contribution in [3.8, 4) is 5.75 Å². The number of nitrogens with one attached hydrogen (secondary N) is 2. The number of carbonyl (C=O) groups excluding carboxylic acids is 1. The van der Waals surface area contributed by atoms with Crippen LogP contribution in [0, 0.1) is 0 Å². The van der Waals surface area contributed by atoms with Crippen molar-refractivity contribution in [2.75, 3.05) is 5.32 Å². The fraction of sp³-hybridized carbons (Fsp3) is 0.176. The third kappa shape index (κ3) is 5.23. The van der Waals surface area contributed by atoms with Gasteiger partial charge in [0.1, 0.15) is 5.75 Å². The summed E-state index contributed by atoms with van der Waals surface area (Å²) < 4.78 is 0. The molecule has 0 bridgehead atoms. The largest absolute Gasteiger partial charge is 0.506 e. The molecule has 120 valence electrons. The van der Waals surface area contributed by atoms with Crippen molar-refractivity contribution in [3.05, 3.63) is 58.6 Å². The standard InChI is InChI=1S/C17H17ClN2O2S/c1-2-11-5-8-15(21)14(9-11)19-17(23)20-16(22)10-12-3-6-13(18)7-4-12/h3-9,21H,2,10H2,1H3,(H2,19,20,22,23). The van der Waals surface area contributed by atoms with Gasteiger partial charge in [-0.1, -0.05) is 36.7 Å². The third-order valence-corrected chi connectivity index (χ3v) is 3.70. The minimum absolute atomic E-state index is 0.0801. The van der Waals surface area contributed by atoms with Gasteiger partial charge >= 0.3 is 0 Å². The molecule has 2 aromatic carbocycles. The first-order valence-electron chi connectivity index (χ1n) is 7.15. The molecule has 2 rings (SSSR count). The number of aromatic hydroxyl groups is 1. The van der Waals surface area contributed by atoms with Crippen molar-refractivity contribution in [1.82, 2.24) is 5.32 Å². The van der Waals surface area contributed by atoms with E-state index in [1.165, 1.54) is 0 Å². The Kier molecular flexibility index (Phi) is 5.96. The van der Waals surface area contributed by atoms with Gasteiger partial charge < -0.3 is 15.7 Å². The van der Waals surface area contributed by atoms with Gasteiger partial charge in [0.15, 0.2) is 5.11 Å². The van der Waals surface area contributed by atoms with Gasteiger partial charge in [-0.25, -0.2) is 0 Å². The van der Waals surface area contributed by atoms with Gasteiger partial charge in [0, 0.05) is 5.02 Å². The lowest BCUT2D eigenvalue weighted by atomic mass is 10.1. The molecule has 6 heteroatoms. The lowest BCUT2D eigenvalue weighted by Gasteiger charge is -2.12. The second kappa shape index (κ2) is 7.94. The molecule has 0 heterocycles. The first kappa shape index (κ1) is 17.2. The number of hydrogen-bond donors (Lipinski definition) is 3. The Hall–Kier alpha value is -2.11. The van der Waals surface area contributed by atoms with Crippen LogP contribution in [0.15, 0.2) is 42.5 Å². The van der Waals surface area contributed by atoms with Crippen LogP contribution in [-0.2, 0) is 17.6 Å². The van der Waals surface area contributed by atoms with E-state index in [2.05, 4.69) is 10.6 Å². The van der Waals surface area contributed by atoms with Crippen LogP contribution in [-0.4, -0.2) is 16.1 Å². The summed E-state index contributed by atoms with van der Waals surface area (Å²) in [7, 11) is 0. The number of halogens is 1. The van der Waals surface area contributed by atoms with E-state index in [1.54, 1.807) is 36.4 Å². The molecule has 0 aliphatic rings. The predicted octanol–water partition coefficient (Wildman–Crippen LogP) is 3.66. The zero-order valence-electron chi connectivity index (χ0n) is 12.6. The van der Waals surface area contributed by atoms with Crippen molar-refractivity contribution in [1.29, 1.82) is 0 Å². The average Bonchev–Trinajstić information content (AvgIpc) is 2.51. The predicted molar refractivity (Wildman–Crippen MR) is 97.0 cm³/mol. The van der Waals surface area contributed by atoms with Gasteiger partial charge in [-0.15, -0.1) is 0 Å². The maximum absolute atomic E-state index is 12.0. The van der Waals surface area contributed by atoms with Crippen LogP contribution in [0.5, 0.6) is 5.75 Å². The molecule has 3 N–H and O–H groups in total. The molecule has 0 aliphatic carbocycles. The maximum Gasteiger partial charge on any atom is 0.230 e. The molecule has 0 aromatic heterocycles. The summed E-state index contributed by atoms with van der Waals surface area (Å²) in [5.41, 5.74) is 2.37. The lowest BCUT2D eigenvalue weighted by molar-refractivity contribution is -0.119. The first-order valence-corrected chi connectivity index (χ1v) is 7.93. The van der Waals surface area contributed by atoms with Gasteiger partial charge in [-0.05, 0) is 54.0 Å². The number of amides is 1. The minimum Gasteiger partial charge on any atom is -0.506 e. The van der Waals surface area contributed by atoms with Gasteiger partial charge in [0.05, 0.1) is 12.1 Å². The minimum atomic E-state index is -0.240. The van der Waals surface area contributed by atoms with Crippen molar-refractivity contribution >= 4 is 40.5 Å². The van der Waals surface area contributed by atoms with Gasteiger partial charge in [-0.3, -0.25) is 4.79 Å². The Balaban J connectivity index is 1.94. The first-order chi connectivity index (χ1) is 11.0. The fourth-order valence-corrected chi connectivity index (χ4v) is 2.37. The smallest absolute Gasteiger partial charge is 0.230 e. The van der Waals surface area contributed by atoms with E-state index in [0.29, 0.717) is 10.7 Å². The number of benzene rings is 2. The molecule has 1 amide bonds. The summed E-state index contributed by atoms with van der Waals surface area (Å²) in [5, 5.41) is 16.0. The maximum atomic E-state index is 12.0. The van der Waals surface area contributed by atoms with Crippen LogP contribution in [0.4, 0.5) is 5.69 Å². The van der Waals surface area contributed by atoms with Crippen LogP contribution in [0.3, 0.4) is 0 Å². The second-order valence-corrected chi connectivity index (χ2v) is 5.86. The summed E-state index contributed by atoms with van der Waals surface area (Å²) in [4.78, 5) is 12.0. The van der Waals surface area contributed by atoms with Crippen molar-refractivity contribution in [2.24, 2.45) is 0 Å².